The van der Waals surface area contributed by atoms with E-state index in [4.69, 9.17) is 9.47 Å². The molecule has 0 unspecified atom stereocenters. The van der Waals surface area contributed by atoms with Crippen molar-refractivity contribution in [2.24, 2.45) is 0 Å². The number of halogens is 1. The summed E-state index contributed by atoms with van der Waals surface area (Å²) in [6.45, 7) is 0.991. The molecule has 0 saturated carbocycles. The summed E-state index contributed by atoms with van der Waals surface area (Å²) in [5, 5.41) is 0. The smallest absolute Gasteiger partial charge is 0.254 e. The molecule has 0 radical (unpaired) electrons. The van der Waals surface area contributed by atoms with Crippen molar-refractivity contribution in [2.45, 2.75) is 13.1 Å². The number of fused-ring (bicyclic) bond motifs is 1. The van der Waals surface area contributed by atoms with E-state index in [0.29, 0.717) is 30.2 Å². The first-order valence-electron chi connectivity index (χ1n) is 8.66. The quantitative estimate of drug-likeness (QED) is 0.675. The lowest BCUT2D eigenvalue weighted by molar-refractivity contribution is 0.0730. The summed E-state index contributed by atoms with van der Waals surface area (Å²) in [4.78, 5) is 14.8. The van der Waals surface area contributed by atoms with Gasteiger partial charge in [0.2, 0.25) is 6.79 Å². The van der Waals surface area contributed by atoms with Gasteiger partial charge in [-0.15, -0.1) is 0 Å². The lowest BCUT2D eigenvalue weighted by Crippen LogP contribution is -2.30. The van der Waals surface area contributed by atoms with Crippen LogP contribution < -0.4 is 9.47 Å². The van der Waals surface area contributed by atoms with E-state index < -0.39 is 0 Å². The average Bonchev–Trinajstić information content (AvgIpc) is 3.17. The Hall–Kier alpha value is -3.34. The molecular weight excluding hydrogens is 345 g/mol. The first-order chi connectivity index (χ1) is 13.2. The van der Waals surface area contributed by atoms with Crippen LogP contribution in [0, 0.1) is 5.82 Å². The summed E-state index contributed by atoms with van der Waals surface area (Å²) in [6.07, 6.45) is 0. The number of carbonyl (C=O) groups is 1. The molecule has 0 bridgehead atoms. The molecule has 0 atom stereocenters. The molecule has 0 N–H and O–H groups in total. The molecule has 3 aromatic carbocycles. The van der Waals surface area contributed by atoms with E-state index in [1.54, 1.807) is 29.2 Å². The number of nitrogens with zero attached hydrogens (tertiary/aromatic N) is 1. The standard InChI is InChI=1S/C22H18FNO3/c23-19-9-6-16(7-10-19)13-24(22(25)18-4-2-1-3-5-18)14-17-8-11-20-21(12-17)27-15-26-20/h1-12H,13-15H2. The minimum atomic E-state index is -0.296. The fourth-order valence-corrected chi connectivity index (χ4v) is 3.03. The molecule has 1 aliphatic heterocycles. The van der Waals surface area contributed by atoms with E-state index in [9.17, 15) is 9.18 Å². The van der Waals surface area contributed by atoms with Gasteiger partial charge in [0.05, 0.1) is 0 Å². The number of hydrogen-bond donors (Lipinski definition) is 0. The highest BCUT2D eigenvalue weighted by molar-refractivity contribution is 5.94. The van der Waals surface area contributed by atoms with E-state index in [2.05, 4.69) is 0 Å². The third-order valence-electron chi connectivity index (χ3n) is 4.41. The molecule has 0 saturated heterocycles. The predicted octanol–water partition coefficient (Wildman–Crippen LogP) is 4.40. The third kappa shape index (κ3) is 3.92. The van der Waals surface area contributed by atoms with Crippen molar-refractivity contribution in [2.75, 3.05) is 6.79 Å². The van der Waals surface area contributed by atoms with E-state index >= 15 is 0 Å². The van der Waals surface area contributed by atoms with Crippen molar-refractivity contribution in [1.82, 2.24) is 4.90 Å². The van der Waals surface area contributed by atoms with Gasteiger partial charge >= 0.3 is 0 Å². The van der Waals surface area contributed by atoms with Gasteiger partial charge in [-0.2, -0.15) is 0 Å². The first-order valence-corrected chi connectivity index (χ1v) is 8.66. The maximum Gasteiger partial charge on any atom is 0.254 e. The van der Waals surface area contributed by atoms with E-state index in [0.717, 1.165) is 11.1 Å². The second-order valence-corrected chi connectivity index (χ2v) is 6.34. The SMILES string of the molecule is O=C(c1ccccc1)N(Cc1ccc(F)cc1)Cc1ccc2c(c1)OCO2. The van der Waals surface area contributed by atoms with Crippen molar-refractivity contribution in [1.29, 1.82) is 0 Å². The Kier molecular flexibility index (Phi) is 4.75. The van der Waals surface area contributed by atoms with Crippen molar-refractivity contribution < 1.29 is 18.7 Å². The summed E-state index contributed by atoms with van der Waals surface area (Å²) in [5.41, 5.74) is 2.41. The maximum atomic E-state index is 13.2. The number of hydrogen-bond acceptors (Lipinski definition) is 3. The van der Waals surface area contributed by atoms with Gasteiger partial charge in [0, 0.05) is 18.7 Å². The second kappa shape index (κ2) is 7.50. The highest BCUT2D eigenvalue weighted by Gasteiger charge is 2.19. The monoisotopic (exact) mass is 363 g/mol. The predicted molar refractivity (Wildman–Crippen MR) is 99.0 cm³/mol. The fourth-order valence-electron chi connectivity index (χ4n) is 3.03. The third-order valence-corrected chi connectivity index (χ3v) is 4.41. The Morgan fingerprint density at radius 1 is 0.852 bits per heavy atom. The van der Waals surface area contributed by atoms with Crippen molar-refractivity contribution in [3.8, 4) is 11.5 Å². The molecule has 4 rings (SSSR count). The Morgan fingerprint density at radius 2 is 1.52 bits per heavy atom. The van der Waals surface area contributed by atoms with Gasteiger partial charge in [-0.05, 0) is 47.5 Å². The van der Waals surface area contributed by atoms with Gasteiger partial charge in [-0.1, -0.05) is 36.4 Å². The molecular formula is C22H18FNO3. The van der Waals surface area contributed by atoms with Crippen LogP contribution in [0.2, 0.25) is 0 Å². The summed E-state index contributed by atoms with van der Waals surface area (Å²) in [6, 6.07) is 21.0. The van der Waals surface area contributed by atoms with E-state index in [1.807, 2.05) is 36.4 Å². The van der Waals surface area contributed by atoms with Crippen LogP contribution in [-0.4, -0.2) is 17.6 Å². The van der Waals surface area contributed by atoms with Gasteiger partial charge in [0.15, 0.2) is 11.5 Å². The number of ether oxygens (including phenoxy) is 2. The van der Waals surface area contributed by atoms with E-state index in [1.165, 1.54) is 12.1 Å². The van der Waals surface area contributed by atoms with Gasteiger partial charge in [0.1, 0.15) is 5.82 Å². The number of benzene rings is 3. The molecule has 1 amide bonds. The van der Waals surface area contributed by atoms with Crippen molar-refractivity contribution >= 4 is 5.91 Å². The molecule has 0 aromatic heterocycles. The molecule has 0 fully saturated rings. The molecule has 0 spiro atoms. The normalized spacial score (nSPS) is 12.0. The molecule has 3 aromatic rings. The minimum Gasteiger partial charge on any atom is -0.454 e. The molecule has 5 heteroatoms. The van der Waals surface area contributed by atoms with Gasteiger partial charge in [-0.25, -0.2) is 4.39 Å². The largest absolute Gasteiger partial charge is 0.454 e. The lowest BCUT2D eigenvalue weighted by atomic mass is 10.1. The van der Waals surface area contributed by atoms with Crippen LogP contribution in [0.1, 0.15) is 21.5 Å². The van der Waals surface area contributed by atoms with Crippen LogP contribution in [0.5, 0.6) is 11.5 Å². The Morgan fingerprint density at radius 3 is 2.30 bits per heavy atom. The zero-order valence-electron chi connectivity index (χ0n) is 14.6. The zero-order valence-corrected chi connectivity index (χ0v) is 14.6. The summed E-state index contributed by atoms with van der Waals surface area (Å²) >= 11 is 0. The van der Waals surface area contributed by atoms with Crippen LogP contribution in [0.15, 0.2) is 72.8 Å². The van der Waals surface area contributed by atoms with Gasteiger partial charge in [-0.3, -0.25) is 4.79 Å². The Labute approximate surface area is 156 Å². The average molecular weight is 363 g/mol. The van der Waals surface area contributed by atoms with Gasteiger partial charge in [0.25, 0.3) is 5.91 Å². The topological polar surface area (TPSA) is 38.8 Å². The summed E-state index contributed by atoms with van der Waals surface area (Å²) < 4.78 is 24.0. The highest BCUT2D eigenvalue weighted by Crippen LogP contribution is 2.33. The van der Waals surface area contributed by atoms with Crippen LogP contribution >= 0.6 is 0 Å². The molecule has 1 aliphatic rings. The number of carbonyl (C=O) groups excluding carboxylic acids is 1. The maximum absolute atomic E-state index is 13.2. The summed E-state index contributed by atoms with van der Waals surface area (Å²) in [7, 11) is 0. The van der Waals surface area contributed by atoms with Crippen LogP contribution in [0.3, 0.4) is 0 Å². The highest BCUT2D eigenvalue weighted by atomic mass is 19.1. The van der Waals surface area contributed by atoms with Crippen molar-refractivity contribution in [3.05, 3.63) is 95.3 Å². The molecule has 1 heterocycles. The van der Waals surface area contributed by atoms with Crippen LogP contribution in [0.25, 0.3) is 0 Å². The minimum absolute atomic E-state index is 0.0856. The molecule has 27 heavy (non-hydrogen) atoms. The lowest BCUT2D eigenvalue weighted by Gasteiger charge is -2.23. The molecule has 136 valence electrons. The van der Waals surface area contributed by atoms with E-state index in [-0.39, 0.29) is 18.5 Å². The van der Waals surface area contributed by atoms with Crippen LogP contribution in [0.4, 0.5) is 4.39 Å². The zero-order chi connectivity index (χ0) is 18.6. The Bertz CT molecular complexity index is 942. The van der Waals surface area contributed by atoms with Gasteiger partial charge < -0.3 is 14.4 Å². The van der Waals surface area contributed by atoms with Crippen LogP contribution in [-0.2, 0) is 13.1 Å². The number of amides is 1. The fraction of sp³-hybridized carbons (Fsp3) is 0.136. The molecule has 4 nitrogen and oxygen atoms in total. The first kappa shape index (κ1) is 17.1. The second-order valence-electron chi connectivity index (χ2n) is 6.34. The number of rotatable bonds is 5. The van der Waals surface area contributed by atoms with Crippen molar-refractivity contribution in [3.63, 3.8) is 0 Å². The Balaban J connectivity index is 1.60. The molecule has 0 aliphatic carbocycles. The summed E-state index contributed by atoms with van der Waals surface area (Å²) in [5.74, 6) is 1.01.